The van der Waals surface area contributed by atoms with Gasteiger partial charge in [-0.2, -0.15) is 5.26 Å². The molecule has 1 saturated heterocycles. The lowest BCUT2D eigenvalue weighted by atomic mass is 10.1. The van der Waals surface area contributed by atoms with Crippen LogP contribution in [0.15, 0.2) is 18.2 Å². The molecule has 0 radical (unpaired) electrons. The Kier molecular flexibility index (Phi) is 4.03. The third-order valence-electron chi connectivity index (χ3n) is 3.20. The smallest absolute Gasteiger partial charge is 0.0670 e. The molecule has 1 aliphatic heterocycles. The van der Waals surface area contributed by atoms with Gasteiger partial charge in [-0.25, -0.2) is 5.01 Å². The maximum absolute atomic E-state index is 8.74. The Balaban J connectivity index is 2.01. The lowest BCUT2D eigenvalue weighted by molar-refractivity contribution is 0.179. The van der Waals surface area contributed by atoms with E-state index in [4.69, 9.17) is 11.0 Å². The molecule has 1 fully saturated rings. The highest BCUT2D eigenvalue weighted by atomic mass is 15.5. The molecule has 1 aromatic carbocycles. The third kappa shape index (κ3) is 3.13. The van der Waals surface area contributed by atoms with Crippen LogP contribution in [0.5, 0.6) is 0 Å². The number of nitrogen functional groups attached to an aromatic ring is 1. The molecular formula is C13H19N5. The molecule has 0 bridgehead atoms. The largest absolute Gasteiger partial charge is 0.398 e. The van der Waals surface area contributed by atoms with Crippen LogP contribution < -0.4 is 11.2 Å². The number of nitrogens with zero attached hydrogens (tertiary/aromatic N) is 3. The second kappa shape index (κ2) is 5.71. The van der Waals surface area contributed by atoms with E-state index in [1.807, 2.05) is 18.2 Å². The van der Waals surface area contributed by atoms with Crippen LogP contribution in [0.1, 0.15) is 5.56 Å². The van der Waals surface area contributed by atoms with Crippen LogP contribution in [0.2, 0.25) is 0 Å². The first-order valence-corrected chi connectivity index (χ1v) is 6.14. The van der Waals surface area contributed by atoms with E-state index in [-0.39, 0.29) is 0 Å². The third-order valence-corrected chi connectivity index (χ3v) is 3.20. The minimum Gasteiger partial charge on any atom is -0.398 e. The van der Waals surface area contributed by atoms with Crippen molar-refractivity contribution < 1.29 is 0 Å². The van der Waals surface area contributed by atoms with Crippen molar-refractivity contribution in [3.05, 3.63) is 23.8 Å². The van der Waals surface area contributed by atoms with Gasteiger partial charge < -0.3 is 16.1 Å². The number of hydrazine groups is 1. The molecule has 0 saturated carbocycles. The van der Waals surface area contributed by atoms with Crippen molar-refractivity contribution in [2.75, 3.05) is 44.4 Å². The van der Waals surface area contributed by atoms with Crippen LogP contribution >= 0.6 is 0 Å². The zero-order valence-electron chi connectivity index (χ0n) is 10.7. The summed E-state index contributed by atoms with van der Waals surface area (Å²) in [6.45, 7) is 4.11. The standard InChI is InChI=1S/C13H19N5/c1-17-6-8-18(9-7-17)16-12-2-3-13(15)11(10-12)4-5-14/h2-3,10,16H,4,6-9,15H2,1H3. The van der Waals surface area contributed by atoms with Crippen molar-refractivity contribution in [2.24, 2.45) is 0 Å². The summed E-state index contributed by atoms with van der Waals surface area (Å²) in [5.74, 6) is 0. The lowest BCUT2D eigenvalue weighted by Gasteiger charge is -2.33. The summed E-state index contributed by atoms with van der Waals surface area (Å²) in [6, 6.07) is 7.89. The predicted molar refractivity (Wildman–Crippen MR) is 72.9 cm³/mol. The van der Waals surface area contributed by atoms with Gasteiger partial charge in [-0.3, -0.25) is 0 Å². The second-order valence-corrected chi connectivity index (χ2v) is 4.65. The molecule has 0 aliphatic carbocycles. The molecular weight excluding hydrogens is 226 g/mol. The van der Waals surface area contributed by atoms with Gasteiger partial charge in [-0.05, 0) is 30.8 Å². The van der Waals surface area contributed by atoms with E-state index >= 15 is 0 Å². The molecule has 0 amide bonds. The van der Waals surface area contributed by atoms with E-state index in [1.54, 1.807) is 0 Å². The predicted octanol–water partition coefficient (Wildman–Crippen LogP) is 0.909. The van der Waals surface area contributed by atoms with Crippen LogP contribution in [0.4, 0.5) is 11.4 Å². The lowest BCUT2D eigenvalue weighted by Crippen LogP contribution is -2.46. The van der Waals surface area contributed by atoms with Gasteiger partial charge >= 0.3 is 0 Å². The van der Waals surface area contributed by atoms with Crippen LogP contribution in [-0.4, -0.2) is 43.1 Å². The summed E-state index contributed by atoms with van der Waals surface area (Å²) in [5.41, 5.74) is 11.8. The molecule has 96 valence electrons. The molecule has 2 rings (SSSR count). The van der Waals surface area contributed by atoms with Gasteiger partial charge in [0.15, 0.2) is 0 Å². The second-order valence-electron chi connectivity index (χ2n) is 4.65. The van der Waals surface area contributed by atoms with Crippen LogP contribution in [-0.2, 0) is 6.42 Å². The molecule has 1 aliphatic rings. The molecule has 0 aromatic heterocycles. The van der Waals surface area contributed by atoms with Gasteiger partial charge in [0.2, 0.25) is 0 Å². The quantitative estimate of drug-likeness (QED) is 0.775. The Morgan fingerprint density at radius 2 is 2.06 bits per heavy atom. The fourth-order valence-corrected chi connectivity index (χ4v) is 2.01. The van der Waals surface area contributed by atoms with Crippen molar-refractivity contribution in [3.8, 4) is 6.07 Å². The fourth-order valence-electron chi connectivity index (χ4n) is 2.01. The van der Waals surface area contributed by atoms with E-state index < -0.39 is 0 Å². The zero-order valence-corrected chi connectivity index (χ0v) is 10.7. The molecule has 1 aromatic rings. The fraction of sp³-hybridized carbons (Fsp3) is 0.462. The summed E-state index contributed by atoms with van der Waals surface area (Å²) in [5, 5.41) is 10.9. The summed E-state index contributed by atoms with van der Waals surface area (Å²) in [4.78, 5) is 2.31. The molecule has 0 atom stereocenters. The summed E-state index contributed by atoms with van der Waals surface area (Å²) < 4.78 is 0. The number of hydrogen-bond acceptors (Lipinski definition) is 5. The minimum atomic E-state index is 0.351. The molecule has 1 heterocycles. The van der Waals surface area contributed by atoms with E-state index in [2.05, 4.69) is 28.5 Å². The summed E-state index contributed by atoms with van der Waals surface area (Å²) in [6.07, 6.45) is 0.351. The van der Waals surface area contributed by atoms with Crippen molar-refractivity contribution in [2.45, 2.75) is 6.42 Å². The molecule has 18 heavy (non-hydrogen) atoms. The van der Waals surface area contributed by atoms with Crippen molar-refractivity contribution in [3.63, 3.8) is 0 Å². The Labute approximate surface area is 108 Å². The van der Waals surface area contributed by atoms with Crippen molar-refractivity contribution in [1.29, 1.82) is 5.26 Å². The van der Waals surface area contributed by atoms with Gasteiger partial charge in [0, 0.05) is 37.6 Å². The van der Waals surface area contributed by atoms with E-state index in [0.29, 0.717) is 12.1 Å². The number of benzene rings is 1. The molecule has 0 spiro atoms. The van der Waals surface area contributed by atoms with Crippen LogP contribution in [0.25, 0.3) is 0 Å². The highest BCUT2D eigenvalue weighted by Crippen LogP contribution is 2.19. The number of anilines is 2. The first-order valence-electron chi connectivity index (χ1n) is 6.14. The normalized spacial score (nSPS) is 17.3. The van der Waals surface area contributed by atoms with E-state index in [0.717, 1.165) is 37.4 Å². The summed E-state index contributed by atoms with van der Waals surface area (Å²) in [7, 11) is 2.13. The van der Waals surface area contributed by atoms with E-state index in [1.165, 1.54) is 0 Å². The van der Waals surface area contributed by atoms with Gasteiger partial charge in [0.05, 0.1) is 12.5 Å². The van der Waals surface area contributed by atoms with E-state index in [9.17, 15) is 0 Å². The zero-order chi connectivity index (χ0) is 13.0. The number of nitrogens with one attached hydrogen (secondary N) is 1. The number of likely N-dealkylation sites (N-methyl/N-ethyl adjacent to an activating group) is 1. The van der Waals surface area contributed by atoms with Crippen LogP contribution in [0, 0.1) is 11.3 Å². The van der Waals surface area contributed by atoms with Gasteiger partial charge in [0.25, 0.3) is 0 Å². The average molecular weight is 245 g/mol. The Morgan fingerprint density at radius 3 is 2.72 bits per heavy atom. The monoisotopic (exact) mass is 245 g/mol. The number of nitriles is 1. The van der Waals surface area contributed by atoms with Gasteiger partial charge in [-0.1, -0.05) is 0 Å². The van der Waals surface area contributed by atoms with Crippen LogP contribution in [0.3, 0.4) is 0 Å². The van der Waals surface area contributed by atoms with Gasteiger partial charge in [0.1, 0.15) is 0 Å². The highest BCUT2D eigenvalue weighted by Gasteiger charge is 2.13. The molecule has 5 heteroatoms. The van der Waals surface area contributed by atoms with Crippen molar-refractivity contribution in [1.82, 2.24) is 9.91 Å². The number of rotatable bonds is 3. The molecule has 5 nitrogen and oxygen atoms in total. The first-order chi connectivity index (χ1) is 8.69. The SMILES string of the molecule is CN1CCN(Nc2ccc(N)c(CC#N)c2)CC1. The maximum Gasteiger partial charge on any atom is 0.0670 e. The molecule has 0 unspecified atom stereocenters. The van der Waals surface area contributed by atoms with Gasteiger partial charge in [-0.15, -0.1) is 0 Å². The topological polar surface area (TPSA) is 68.3 Å². The Morgan fingerprint density at radius 1 is 1.33 bits per heavy atom. The first kappa shape index (κ1) is 12.7. The Hall–Kier alpha value is -1.77. The minimum absolute atomic E-state index is 0.351. The maximum atomic E-state index is 8.74. The average Bonchev–Trinajstić information content (AvgIpc) is 2.37. The number of piperazine rings is 1. The van der Waals surface area contributed by atoms with Crippen molar-refractivity contribution >= 4 is 11.4 Å². The molecule has 3 N–H and O–H groups in total. The number of hydrogen-bond donors (Lipinski definition) is 2. The summed E-state index contributed by atoms with van der Waals surface area (Å²) >= 11 is 0. The number of nitrogens with two attached hydrogens (primary N) is 1. The Bertz CT molecular complexity index is 443. The highest BCUT2D eigenvalue weighted by molar-refractivity contribution is 5.57.